The number of hydrogen-bond acceptors (Lipinski definition) is 5. The zero-order valence-corrected chi connectivity index (χ0v) is 11.2. The van der Waals surface area contributed by atoms with Gasteiger partial charge in [-0.15, -0.1) is 0 Å². The fourth-order valence-electron chi connectivity index (χ4n) is 1.86. The maximum absolute atomic E-state index is 11.1. The molecule has 0 spiro atoms. The maximum atomic E-state index is 11.1. The summed E-state index contributed by atoms with van der Waals surface area (Å²) >= 11 is 0. The van der Waals surface area contributed by atoms with Gasteiger partial charge in [0.2, 0.25) is 5.95 Å². The van der Waals surface area contributed by atoms with Crippen LogP contribution in [0.25, 0.3) is 11.2 Å². The second-order valence-electron chi connectivity index (χ2n) is 4.41. The monoisotopic (exact) mass is 268 g/mol. The Hall–Kier alpha value is -1.63. The van der Waals surface area contributed by atoms with Gasteiger partial charge in [0.15, 0.2) is 5.65 Å². The van der Waals surface area contributed by atoms with Crippen molar-refractivity contribution in [3.8, 4) is 0 Å². The van der Waals surface area contributed by atoms with Gasteiger partial charge in [0.1, 0.15) is 15.4 Å². The molecule has 0 aliphatic carbocycles. The van der Waals surface area contributed by atoms with E-state index in [1.54, 1.807) is 10.8 Å². The summed E-state index contributed by atoms with van der Waals surface area (Å²) in [7, 11) is -2.95. The van der Waals surface area contributed by atoms with Gasteiger partial charge < -0.3 is 5.73 Å². The van der Waals surface area contributed by atoms with Crippen molar-refractivity contribution in [3.05, 3.63) is 17.8 Å². The lowest BCUT2D eigenvalue weighted by Gasteiger charge is -2.05. The number of pyridine rings is 1. The minimum absolute atomic E-state index is 0.137. The normalized spacial score (nSPS) is 12.1. The summed E-state index contributed by atoms with van der Waals surface area (Å²) in [6.07, 6.45) is 3.43. The number of nitrogens with two attached hydrogens (primary N) is 1. The largest absolute Gasteiger partial charge is 0.369 e. The van der Waals surface area contributed by atoms with Crippen molar-refractivity contribution in [1.29, 1.82) is 0 Å². The summed E-state index contributed by atoms with van der Waals surface area (Å²) in [6.45, 7) is 2.45. The number of sulfone groups is 1. The van der Waals surface area contributed by atoms with E-state index in [0.717, 1.165) is 11.1 Å². The van der Waals surface area contributed by atoms with Gasteiger partial charge in [-0.3, -0.25) is 4.57 Å². The summed E-state index contributed by atoms with van der Waals surface area (Å²) in [6, 6.07) is 1.87. The molecule has 0 atom stereocenters. The lowest BCUT2D eigenvalue weighted by atomic mass is 10.3. The molecule has 0 bridgehead atoms. The van der Waals surface area contributed by atoms with Crippen LogP contribution < -0.4 is 5.73 Å². The molecule has 2 rings (SSSR count). The third-order valence-electron chi connectivity index (χ3n) is 2.76. The Morgan fingerprint density at radius 1 is 1.44 bits per heavy atom. The number of nitrogens with zero attached hydrogens (tertiary/aromatic N) is 3. The quantitative estimate of drug-likeness (QED) is 0.883. The van der Waals surface area contributed by atoms with E-state index in [4.69, 9.17) is 5.73 Å². The van der Waals surface area contributed by atoms with Crippen LogP contribution >= 0.6 is 0 Å². The van der Waals surface area contributed by atoms with Crippen molar-refractivity contribution >= 4 is 26.9 Å². The van der Waals surface area contributed by atoms with E-state index >= 15 is 0 Å². The van der Waals surface area contributed by atoms with Gasteiger partial charge in [0, 0.05) is 19.0 Å². The van der Waals surface area contributed by atoms with Crippen molar-refractivity contribution in [2.24, 2.45) is 0 Å². The predicted octanol–water partition coefficient (Wildman–Crippen LogP) is 0.757. The van der Waals surface area contributed by atoms with Crippen LogP contribution in [0.2, 0.25) is 0 Å². The molecule has 0 aliphatic rings. The fraction of sp³-hybridized carbons (Fsp3) is 0.455. The molecule has 0 radical (unpaired) electrons. The molecule has 0 amide bonds. The van der Waals surface area contributed by atoms with E-state index in [2.05, 4.69) is 9.97 Å². The number of aryl methyl sites for hydroxylation is 2. The highest BCUT2D eigenvalue weighted by Gasteiger charge is 2.11. The lowest BCUT2D eigenvalue weighted by molar-refractivity contribution is 0.593. The predicted molar refractivity (Wildman–Crippen MR) is 71.0 cm³/mol. The van der Waals surface area contributed by atoms with Gasteiger partial charge in [-0.25, -0.2) is 18.4 Å². The Morgan fingerprint density at radius 2 is 2.17 bits per heavy atom. The molecule has 0 unspecified atom stereocenters. The Labute approximate surface area is 106 Å². The third-order valence-corrected chi connectivity index (χ3v) is 3.79. The Balaban J connectivity index is 2.28. The van der Waals surface area contributed by atoms with Gasteiger partial charge in [0.05, 0.1) is 5.75 Å². The van der Waals surface area contributed by atoms with Crippen molar-refractivity contribution in [2.75, 3.05) is 17.7 Å². The van der Waals surface area contributed by atoms with E-state index in [0.29, 0.717) is 24.6 Å². The molecule has 0 aromatic carbocycles. The van der Waals surface area contributed by atoms with Crippen molar-refractivity contribution in [1.82, 2.24) is 14.5 Å². The summed E-state index contributed by atoms with van der Waals surface area (Å²) in [5, 5.41) is 0. The highest BCUT2D eigenvalue weighted by atomic mass is 32.2. The van der Waals surface area contributed by atoms with Gasteiger partial charge in [-0.1, -0.05) is 0 Å². The van der Waals surface area contributed by atoms with E-state index in [1.807, 2.05) is 13.0 Å². The Bertz CT molecular complexity index is 676. The number of nitrogen functional groups attached to an aromatic ring is 1. The van der Waals surface area contributed by atoms with Crippen LogP contribution in [-0.4, -0.2) is 35.0 Å². The molecule has 0 saturated heterocycles. The molecule has 6 nitrogen and oxygen atoms in total. The minimum Gasteiger partial charge on any atom is -0.369 e. The zero-order valence-electron chi connectivity index (χ0n) is 10.4. The topological polar surface area (TPSA) is 90.9 Å². The van der Waals surface area contributed by atoms with E-state index in [9.17, 15) is 8.42 Å². The lowest BCUT2D eigenvalue weighted by Crippen LogP contribution is -2.09. The number of hydrogen-bond donors (Lipinski definition) is 1. The van der Waals surface area contributed by atoms with Crippen molar-refractivity contribution in [2.45, 2.75) is 19.9 Å². The fourth-order valence-corrected chi connectivity index (χ4v) is 2.51. The van der Waals surface area contributed by atoms with Crippen LogP contribution in [0.3, 0.4) is 0 Å². The summed E-state index contributed by atoms with van der Waals surface area (Å²) in [5.74, 6) is 0.512. The van der Waals surface area contributed by atoms with Crippen LogP contribution in [-0.2, 0) is 16.4 Å². The SMILES string of the molecule is Cc1ccnc2c1nc(N)n2CCCS(C)(=O)=O. The van der Waals surface area contributed by atoms with Gasteiger partial charge in [0.25, 0.3) is 0 Å². The highest BCUT2D eigenvalue weighted by Crippen LogP contribution is 2.18. The third kappa shape index (κ3) is 2.61. The summed E-state index contributed by atoms with van der Waals surface area (Å²) in [5.41, 5.74) is 8.32. The maximum Gasteiger partial charge on any atom is 0.202 e. The smallest absolute Gasteiger partial charge is 0.202 e. The first kappa shape index (κ1) is 12.8. The standard InChI is InChI=1S/C11H16N4O2S/c1-8-4-5-13-10-9(8)14-11(12)15(10)6-3-7-18(2,16)17/h4-5H,3,6-7H2,1-2H3,(H2,12,14). The van der Waals surface area contributed by atoms with Gasteiger partial charge >= 0.3 is 0 Å². The number of imidazole rings is 1. The van der Waals surface area contributed by atoms with Crippen molar-refractivity contribution in [3.63, 3.8) is 0 Å². The van der Waals surface area contributed by atoms with E-state index < -0.39 is 9.84 Å². The minimum atomic E-state index is -2.95. The molecule has 2 aromatic rings. The number of aromatic nitrogens is 3. The first-order chi connectivity index (χ1) is 8.38. The molecule has 0 saturated carbocycles. The molecular formula is C11H16N4O2S. The summed E-state index contributed by atoms with van der Waals surface area (Å²) < 4.78 is 23.9. The highest BCUT2D eigenvalue weighted by molar-refractivity contribution is 7.90. The average molecular weight is 268 g/mol. The molecule has 2 N–H and O–H groups in total. The molecule has 7 heteroatoms. The van der Waals surface area contributed by atoms with Gasteiger partial charge in [-0.2, -0.15) is 0 Å². The van der Waals surface area contributed by atoms with Crippen LogP contribution in [0.5, 0.6) is 0 Å². The van der Waals surface area contributed by atoms with Crippen LogP contribution in [0.4, 0.5) is 5.95 Å². The van der Waals surface area contributed by atoms with E-state index in [-0.39, 0.29) is 5.75 Å². The van der Waals surface area contributed by atoms with Crippen LogP contribution in [0.15, 0.2) is 12.3 Å². The summed E-state index contributed by atoms with van der Waals surface area (Å²) in [4.78, 5) is 8.51. The molecule has 2 aromatic heterocycles. The van der Waals surface area contributed by atoms with Crippen LogP contribution in [0.1, 0.15) is 12.0 Å². The molecule has 2 heterocycles. The molecule has 98 valence electrons. The average Bonchev–Trinajstić information content (AvgIpc) is 2.56. The number of rotatable bonds is 4. The van der Waals surface area contributed by atoms with Crippen molar-refractivity contribution < 1.29 is 8.42 Å². The first-order valence-corrected chi connectivity index (χ1v) is 7.69. The second-order valence-corrected chi connectivity index (χ2v) is 6.66. The molecule has 0 fully saturated rings. The van der Waals surface area contributed by atoms with Gasteiger partial charge in [-0.05, 0) is 25.0 Å². The number of fused-ring (bicyclic) bond motifs is 1. The Morgan fingerprint density at radius 3 is 2.83 bits per heavy atom. The number of anilines is 1. The van der Waals surface area contributed by atoms with Crippen LogP contribution in [0, 0.1) is 6.92 Å². The van der Waals surface area contributed by atoms with E-state index in [1.165, 1.54) is 6.26 Å². The molecule has 0 aliphatic heterocycles. The zero-order chi connectivity index (χ0) is 13.3. The second kappa shape index (κ2) is 4.56. The molecular weight excluding hydrogens is 252 g/mol. The molecule has 18 heavy (non-hydrogen) atoms. The Kier molecular flexibility index (Phi) is 3.25. The first-order valence-electron chi connectivity index (χ1n) is 5.63.